The molecule has 0 aliphatic carbocycles. The van der Waals surface area contributed by atoms with Crippen LogP contribution >= 0.6 is 11.3 Å². The Hall–Kier alpha value is -2.92. The molecule has 1 amide bonds. The van der Waals surface area contributed by atoms with E-state index in [-0.39, 0.29) is 5.91 Å². The van der Waals surface area contributed by atoms with Crippen molar-refractivity contribution >= 4 is 28.3 Å². The summed E-state index contributed by atoms with van der Waals surface area (Å²) in [6.07, 6.45) is 2.76. The number of carbonyl (C=O) groups is 1. The molecule has 4 nitrogen and oxygen atoms in total. The average Bonchev–Trinajstić information content (AvgIpc) is 3.34. The molecular weight excluding hydrogens is 354 g/mol. The first-order valence-corrected chi connectivity index (χ1v) is 9.95. The number of thiophene rings is 1. The number of benzene rings is 2. The Morgan fingerprint density at radius 2 is 1.85 bits per heavy atom. The Balaban J connectivity index is 1.40. The molecule has 4 aromatic rings. The van der Waals surface area contributed by atoms with Crippen LogP contribution in [0.1, 0.15) is 33.3 Å². The van der Waals surface area contributed by atoms with Crippen LogP contribution in [0.15, 0.2) is 66.3 Å². The van der Waals surface area contributed by atoms with Crippen molar-refractivity contribution < 1.29 is 4.79 Å². The van der Waals surface area contributed by atoms with E-state index < -0.39 is 0 Å². The van der Waals surface area contributed by atoms with E-state index in [2.05, 4.69) is 52.1 Å². The molecule has 0 saturated heterocycles. The molecule has 0 unspecified atom stereocenters. The van der Waals surface area contributed by atoms with Crippen molar-refractivity contribution in [2.24, 2.45) is 0 Å². The number of nitrogens with zero attached hydrogens (tertiary/aromatic N) is 2. The SMILES string of the molecule is CCc1ccsc1C(=O)NCc1ccc(Cn2cnc3ccccc32)cc1. The lowest BCUT2D eigenvalue weighted by Crippen LogP contribution is -2.22. The third-order valence-corrected chi connectivity index (χ3v) is 5.65. The van der Waals surface area contributed by atoms with E-state index in [4.69, 9.17) is 0 Å². The number of nitrogens with one attached hydrogen (secondary N) is 1. The summed E-state index contributed by atoms with van der Waals surface area (Å²) in [7, 11) is 0. The van der Waals surface area contributed by atoms with Crippen molar-refractivity contribution in [2.45, 2.75) is 26.4 Å². The number of aromatic nitrogens is 2. The molecule has 1 N–H and O–H groups in total. The highest BCUT2D eigenvalue weighted by atomic mass is 32.1. The Morgan fingerprint density at radius 3 is 2.67 bits per heavy atom. The highest BCUT2D eigenvalue weighted by Gasteiger charge is 2.11. The molecule has 4 rings (SSSR count). The van der Waals surface area contributed by atoms with Gasteiger partial charge in [-0.05, 0) is 46.7 Å². The summed E-state index contributed by atoms with van der Waals surface area (Å²) in [5.41, 5.74) is 5.56. The molecule has 0 aliphatic rings. The van der Waals surface area contributed by atoms with Crippen molar-refractivity contribution in [1.82, 2.24) is 14.9 Å². The van der Waals surface area contributed by atoms with E-state index in [1.165, 1.54) is 16.9 Å². The lowest BCUT2D eigenvalue weighted by Gasteiger charge is -2.08. The first-order valence-electron chi connectivity index (χ1n) is 9.07. The first kappa shape index (κ1) is 17.5. The van der Waals surface area contributed by atoms with E-state index in [9.17, 15) is 4.79 Å². The van der Waals surface area contributed by atoms with Gasteiger partial charge in [0.25, 0.3) is 5.91 Å². The molecule has 0 saturated carbocycles. The molecule has 136 valence electrons. The fourth-order valence-corrected chi connectivity index (χ4v) is 4.08. The maximum absolute atomic E-state index is 12.4. The van der Waals surface area contributed by atoms with Gasteiger partial charge < -0.3 is 9.88 Å². The number of carbonyl (C=O) groups excluding carboxylic acids is 1. The Labute approximate surface area is 162 Å². The van der Waals surface area contributed by atoms with Gasteiger partial charge in [0, 0.05) is 13.1 Å². The van der Waals surface area contributed by atoms with Crippen LogP contribution in [0.5, 0.6) is 0 Å². The highest BCUT2D eigenvalue weighted by molar-refractivity contribution is 7.12. The molecule has 0 aliphatic heterocycles. The summed E-state index contributed by atoms with van der Waals surface area (Å²) in [6.45, 7) is 3.39. The topological polar surface area (TPSA) is 46.9 Å². The molecule has 2 aromatic carbocycles. The monoisotopic (exact) mass is 375 g/mol. The largest absolute Gasteiger partial charge is 0.347 e. The molecule has 0 fully saturated rings. The maximum atomic E-state index is 12.4. The van der Waals surface area contributed by atoms with Gasteiger partial charge in [-0.2, -0.15) is 0 Å². The van der Waals surface area contributed by atoms with E-state index in [0.717, 1.165) is 40.0 Å². The zero-order chi connectivity index (χ0) is 18.6. The number of imidazole rings is 1. The minimum atomic E-state index is 0.0100. The summed E-state index contributed by atoms with van der Waals surface area (Å²) in [6, 6.07) is 18.5. The van der Waals surface area contributed by atoms with Crippen LogP contribution < -0.4 is 5.32 Å². The number of amides is 1. The lowest BCUT2D eigenvalue weighted by atomic mass is 10.1. The van der Waals surface area contributed by atoms with Crippen LogP contribution in [0, 0.1) is 0 Å². The molecule has 2 aromatic heterocycles. The van der Waals surface area contributed by atoms with Gasteiger partial charge in [0.15, 0.2) is 0 Å². The number of hydrogen-bond donors (Lipinski definition) is 1. The van der Waals surface area contributed by atoms with Crippen LogP contribution in [0.2, 0.25) is 0 Å². The Morgan fingerprint density at radius 1 is 1.07 bits per heavy atom. The zero-order valence-corrected chi connectivity index (χ0v) is 16.0. The molecular formula is C22H21N3OS. The third-order valence-electron chi connectivity index (χ3n) is 4.69. The molecule has 0 radical (unpaired) electrons. The molecule has 2 heterocycles. The van der Waals surface area contributed by atoms with Crippen LogP contribution in [0.4, 0.5) is 0 Å². The second kappa shape index (κ2) is 7.76. The van der Waals surface area contributed by atoms with Gasteiger partial charge in [-0.1, -0.05) is 43.3 Å². The molecule has 27 heavy (non-hydrogen) atoms. The van der Waals surface area contributed by atoms with Gasteiger partial charge in [0.05, 0.1) is 22.2 Å². The van der Waals surface area contributed by atoms with Gasteiger partial charge in [0.2, 0.25) is 0 Å². The summed E-state index contributed by atoms with van der Waals surface area (Å²) in [4.78, 5) is 17.6. The standard InChI is InChI=1S/C22H21N3OS/c1-2-18-11-12-27-21(18)22(26)23-13-16-7-9-17(10-8-16)14-25-15-24-19-5-3-4-6-20(19)25/h3-12,15H,2,13-14H2,1H3,(H,23,26). The quantitative estimate of drug-likeness (QED) is 0.534. The summed E-state index contributed by atoms with van der Waals surface area (Å²) < 4.78 is 2.15. The normalized spacial score (nSPS) is 11.0. The van der Waals surface area contributed by atoms with Gasteiger partial charge in [0.1, 0.15) is 0 Å². The molecule has 0 atom stereocenters. The summed E-state index contributed by atoms with van der Waals surface area (Å²) in [5, 5.41) is 5.00. The number of hydrogen-bond acceptors (Lipinski definition) is 3. The smallest absolute Gasteiger partial charge is 0.261 e. The number of para-hydroxylation sites is 2. The maximum Gasteiger partial charge on any atom is 0.261 e. The van der Waals surface area contributed by atoms with E-state index in [1.54, 1.807) is 0 Å². The van der Waals surface area contributed by atoms with Gasteiger partial charge in [-0.15, -0.1) is 11.3 Å². The molecule has 0 bridgehead atoms. The minimum Gasteiger partial charge on any atom is -0.347 e. The third kappa shape index (κ3) is 3.78. The predicted octanol–water partition coefficient (Wildman–Crippen LogP) is 4.64. The van der Waals surface area contributed by atoms with Crippen molar-refractivity contribution in [2.75, 3.05) is 0 Å². The fourth-order valence-electron chi connectivity index (χ4n) is 3.17. The number of fused-ring (bicyclic) bond motifs is 1. The lowest BCUT2D eigenvalue weighted by molar-refractivity contribution is 0.0954. The zero-order valence-electron chi connectivity index (χ0n) is 15.2. The van der Waals surface area contributed by atoms with Crippen molar-refractivity contribution in [3.63, 3.8) is 0 Å². The van der Waals surface area contributed by atoms with Crippen molar-refractivity contribution in [3.05, 3.63) is 87.9 Å². The van der Waals surface area contributed by atoms with Crippen LogP contribution in [0.3, 0.4) is 0 Å². The average molecular weight is 375 g/mol. The van der Waals surface area contributed by atoms with E-state index >= 15 is 0 Å². The van der Waals surface area contributed by atoms with Crippen LogP contribution in [0.25, 0.3) is 11.0 Å². The number of aryl methyl sites for hydroxylation is 1. The summed E-state index contributed by atoms with van der Waals surface area (Å²) >= 11 is 1.50. The predicted molar refractivity (Wildman–Crippen MR) is 110 cm³/mol. The van der Waals surface area contributed by atoms with Crippen LogP contribution in [-0.2, 0) is 19.5 Å². The van der Waals surface area contributed by atoms with Gasteiger partial charge >= 0.3 is 0 Å². The van der Waals surface area contributed by atoms with E-state index in [0.29, 0.717) is 6.54 Å². The van der Waals surface area contributed by atoms with Crippen molar-refractivity contribution in [3.8, 4) is 0 Å². The fraction of sp³-hybridized carbons (Fsp3) is 0.182. The van der Waals surface area contributed by atoms with Crippen molar-refractivity contribution in [1.29, 1.82) is 0 Å². The Bertz CT molecular complexity index is 1060. The number of rotatable bonds is 6. The van der Waals surface area contributed by atoms with Gasteiger partial charge in [-0.3, -0.25) is 4.79 Å². The molecule has 5 heteroatoms. The Kier molecular flexibility index (Phi) is 5.03. The van der Waals surface area contributed by atoms with E-state index in [1.807, 2.05) is 36.0 Å². The second-order valence-corrected chi connectivity index (χ2v) is 7.40. The summed E-state index contributed by atoms with van der Waals surface area (Å²) in [5.74, 6) is 0.0100. The van der Waals surface area contributed by atoms with Crippen LogP contribution in [-0.4, -0.2) is 15.5 Å². The second-order valence-electron chi connectivity index (χ2n) is 6.49. The first-order chi connectivity index (χ1) is 13.2. The highest BCUT2D eigenvalue weighted by Crippen LogP contribution is 2.18. The molecule has 0 spiro atoms. The van der Waals surface area contributed by atoms with Gasteiger partial charge in [-0.25, -0.2) is 4.98 Å². The minimum absolute atomic E-state index is 0.0100.